The van der Waals surface area contributed by atoms with Gasteiger partial charge in [0.25, 0.3) is 0 Å². The van der Waals surface area contributed by atoms with Crippen molar-refractivity contribution in [3.05, 3.63) is 23.9 Å². The van der Waals surface area contributed by atoms with Gasteiger partial charge in [0.15, 0.2) is 0 Å². The molecule has 0 amide bonds. The molecule has 0 radical (unpaired) electrons. The second kappa shape index (κ2) is 8.06. The maximum Gasteiger partial charge on any atom is 0.128 e. The van der Waals surface area contributed by atoms with E-state index in [4.69, 9.17) is 5.11 Å². The lowest BCUT2D eigenvalue weighted by Crippen LogP contribution is -2.47. The number of aliphatic hydroxyl groups is 1. The summed E-state index contributed by atoms with van der Waals surface area (Å²) in [5.74, 6) is 1.06. The van der Waals surface area contributed by atoms with Gasteiger partial charge in [-0.05, 0) is 18.6 Å². The minimum Gasteiger partial charge on any atom is -0.395 e. The van der Waals surface area contributed by atoms with Crippen molar-refractivity contribution in [1.29, 1.82) is 0 Å². The number of β-amino-alcohol motifs (C(OH)–C–C–N with tert-alkyl or cyclic N) is 1. The summed E-state index contributed by atoms with van der Waals surface area (Å²) < 4.78 is 0. The third-order valence-corrected chi connectivity index (χ3v) is 3.01. The summed E-state index contributed by atoms with van der Waals surface area (Å²) in [6.45, 7) is 11.1. The Kier molecular flexibility index (Phi) is 6.68. The van der Waals surface area contributed by atoms with Gasteiger partial charge in [-0.2, -0.15) is 0 Å². The second-order valence-electron chi connectivity index (χ2n) is 4.25. The van der Waals surface area contributed by atoms with E-state index in [2.05, 4.69) is 33.8 Å². The van der Waals surface area contributed by atoms with Crippen LogP contribution in [0, 0.1) is 6.92 Å². The van der Waals surface area contributed by atoms with E-state index in [-0.39, 0.29) is 6.61 Å². The quantitative estimate of drug-likeness (QED) is 0.884. The van der Waals surface area contributed by atoms with Gasteiger partial charge >= 0.3 is 0 Å². The molecular weight excluding hydrogens is 226 g/mol. The average molecular weight is 251 g/mol. The first kappa shape index (κ1) is 14.9. The predicted octanol–water partition coefficient (Wildman–Crippen LogP) is 1.53. The van der Waals surface area contributed by atoms with E-state index in [0.29, 0.717) is 0 Å². The van der Waals surface area contributed by atoms with Gasteiger partial charge in [-0.3, -0.25) is 4.90 Å². The number of nitrogens with zero attached hydrogens (tertiary/aromatic N) is 3. The van der Waals surface area contributed by atoms with Crippen molar-refractivity contribution in [2.45, 2.75) is 20.8 Å². The third-order valence-electron chi connectivity index (χ3n) is 3.01. The number of aliphatic hydroxyl groups excluding tert-OH is 1. The Hall–Kier alpha value is -1.13. The normalized spacial score (nSPS) is 16.1. The lowest BCUT2D eigenvalue weighted by Gasteiger charge is -2.35. The lowest BCUT2D eigenvalue weighted by molar-refractivity contribution is 0.188. The average Bonchev–Trinajstić information content (AvgIpc) is 2.43. The molecule has 1 aliphatic heterocycles. The molecule has 4 heteroatoms. The first-order chi connectivity index (χ1) is 8.79. The Morgan fingerprint density at radius 1 is 1.17 bits per heavy atom. The summed E-state index contributed by atoms with van der Waals surface area (Å²) in [6, 6.07) is 4.18. The lowest BCUT2D eigenvalue weighted by atomic mass is 10.2. The van der Waals surface area contributed by atoms with Crippen LogP contribution in [0.4, 0.5) is 5.82 Å². The highest BCUT2D eigenvalue weighted by atomic mass is 16.3. The van der Waals surface area contributed by atoms with Crippen LogP contribution in [0.25, 0.3) is 0 Å². The fraction of sp³-hybridized carbons (Fsp3) is 0.643. The molecule has 0 atom stereocenters. The molecule has 2 heterocycles. The number of pyridine rings is 1. The summed E-state index contributed by atoms with van der Waals surface area (Å²) in [4.78, 5) is 9.01. The van der Waals surface area contributed by atoms with E-state index < -0.39 is 0 Å². The van der Waals surface area contributed by atoms with Crippen LogP contribution >= 0.6 is 0 Å². The maximum absolute atomic E-state index is 8.86. The van der Waals surface area contributed by atoms with Crippen molar-refractivity contribution >= 4 is 5.82 Å². The number of aryl methyl sites for hydroxylation is 1. The summed E-state index contributed by atoms with van der Waals surface area (Å²) in [7, 11) is 0. The molecule has 0 unspecified atom stereocenters. The highest BCUT2D eigenvalue weighted by Gasteiger charge is 2.16. The first-order valence-electron chi connectivity index (χ1n) is 6.80. The molecule has 4 nitrogen and oxygen atoms in total. The van der Waals surface area contributed by atoms with E-state index in [1.807, 2.05) is 20.0 Å². The van der Waals surface area contributed by atoms with Gasteiger partial charge in [-0.15, -0.1) is 0 Å². The van der Waals surface area contributed by atoms with Gasteiger partial charge in [-0.25, -0.2) is 4.98 Å². The Bertz CT molecular complexity index is 318. The molecule has 0 bridgehead atoms. The molecule has 102 valence electrons. The van der Waals surface area contributed by atoms with E-state index in [0.717, 1.165) is 38.5 Å². The fourth-order valence-electron chi connectivity index (χ4n) is 1.99. The van der Waals surface area contributed by atoms with Crippen molar-refractivity contribution in [3.8, 4) is 0 Å². The van der Waals surface area contributed by atoms with Crippen LogP contribution in [0.5, 0.6) is 0 Å². The molecule has 1 saturated heterocycles. The SMILES string of the molecule is CC.Cc1ccc(N2CCN(CCO)CC2)nc1. The number of aromatic nitrogens is 1. The van der Waals surface area contributed by atoms with Crippen molar-refractivity contribution in [1.82, 2.24) is 9.88 Å². The Morgan fingerprint density at radius 3 is 2.33 bits per heavy atom. The van der Waals surface area contributed by atoms with Gasteiger partial charge in [-0.1, -0.05) is 19.9 Å². The van der Waals surface area contributed by atoms with Crippen LogP contribution in [0.1, 0.15) is 19.4 Å². The maximum atomic E-state index is 8.86. The first-order valence-corrected chi connectivity index (χ1v) is 6.80. The fourth-order valence-corrected chi connectivity index (χ4v) is 1.99. The predicted molar refractivity (Wildman–Crippen MR) is 76.1 cm³/mol. The molecular formula is C14H25N3O. The summed E-state index contributed by atoms with van der Waals surface area (Å²) >= 11 is 0. The highest BCUT2D eigenvalue weighted by Crippen LogP contribution is 2.13. The standard InChI is InChI=1S/C12H19N3O.C2H6/c1-11-2-3-12(13-10-11)15-6-4-14(5-7-15)8-9-16;1-2/h2-3,10,16H,4-9H2,1H3;1-2H3. The Balaban J connectivity index is 0.000000771. The van der Waals surface area contributed by atoms with Crippen LogP contribution in [-0.4, -0.2) is 54.3 Å². The van der Waals surface area contributed by atoms with Gasteiger partial charge < -0.3 is 10.0 Å². The number of hydrogen-bond acceptors (Lipinski definition) is 4. The minimum absolute atomic E-state index is 0.253. The zero-order valence-corrected chi connectivity index (χ0v) is 11.8. The Morgan fingerprint density at radius 2 is 1.83 bits per heavy atom. The summed E-state index contributed by atoms with van der Waals surface area (Å²) in [6.07, 6.45) is 1.91. The van der Waals surface area contributed by atoms with Crippen LogP contribution in [0.3, 0.4) is 0 Å². The van der Waals surface area contributed by atoms with Crippen LogP contribution in [0.2, 0.25) is 0 Å². The molecule has 0 saturated carbocycles. The Labute approximate surface area is 110 Å². The van der Waals surface area contributed by atoms with Crippen molar-refractivity contribution in [2.75, 3.05) is 44.2 Å². The summed E-state index contributed by atoms with van der Waals surface area (Å²) in [5.41, 5.74) is 1.20. The number of hydrogen-bond donors (Lipinski definition) is 1. The number of rotatable bonds is 3. The van der Waals surface area contributed by atoms with E-state index in [1.165, 1.54) is 5.56 Å². The van der Waals surface area contributed by atoms with Gasteiger partial charge in [0.2, 0.25) is 0 Å². The largest absolute Gasteiger partial charge is 0.395 e. The van der Waals surface area contributed by atoms with Crippen molar-refractivity contribution in [3.63, 3.8) is 0 Å². The second-order valence-corrected chi connectivity index (χ2v) is 4.25. The third kappa shape index (κ3) is 4.27. The molecule has 0 aromatic carbocycles. The number of anilines is 1. The zero-order chi connectivity index (χ0) is 13.4. The molecule has 1 aromatic rings. The summed E-state index contributed by atoms with van der Waals surface area (Å²) in [5, 5.41) is 8.86. The molecule has 1 fully saturated rings. The molecule has 0 spiro atoms. The van der Waals surface area contributed by atoms with Crippen molar-refractivity contribution in [2.24, 2.45) is 0 Å². The minimum atomic E-state index is 0.253. The van der Waals surface area contributed by atoms with Gasteiger partial charge in [0.1, 0.15) is 5.82 Å². The zero-order valence-electron chi connectivity index (χ0n) is 11.8. The molecule has 18 heavy (non-hydrogen) atoms. The molecule has 2 rings (SSSR count). The molecule has 1 aromatic heterocycles. The van der Waals surface area contributed by atoms with E-state index >= 15 is 0 Å². The van der Waals surface area contributed by atoms with E-state index in [9.17, 15) is 0 Å². The van der Waals surface area contributed by atoms with Crippen LogP contribution in [-0.2, 0) is 0 Å². The topological polar surface area (TPSA) is 39.6 Å². The smallest absolute Gasteiger partial charge is 0.128 e. The van der Waals surface area contributed by atoms with Crippen LogP contribution < -0.4 is 4.90 Å². The van der Waals surface area contributed by atoms with Gasteiger partial charge in [0.05, 0.1) is 6.61 Å². The van der Waals surface area contributed by atoms with E-state index in [1.54, 1.807) is 0 Å². The monoisotopic (exact) mass is 251 g/mol. The number of piperazine rings is 1. The molecule has 0 aliphatic carbocycles. The molecule has 1 aliphatic rings. The van der Waals surface area contributed by atoms with Crippen LogP contribution in [0.15, 0.2) is 18.3 Å². The molecule has 1 N–H and O–H groups in total. The highest BCUT2D eigenvalue weighted by molar-refractivity contribution is 5.39. The van der Waals surface area contributed by atoms with Crippen molar-refractivity contribution < 1.29 is 5.11 Å². The van der Waals surface area contributed by atoms with Gasteiger partial charge in [0, 0.05) is 38.9 Å².